The van der Waals surface area contributed by atoms with E-state index in [1.54, 1.807) is 0 Å². The zero-order chi connectivity index (χ0) is 21.6. The second kappa shape index (κ2) is 21.8. The minimum absolute atomic E-state index is 0.0518. The molecule has 1 amide bonds. The van der Waals surface area contributed by atoms with Crippen molar-refractivity contribution in [3.05, 3.63) is 12.2 Å². The second-order valence-electron chi connectivity index (χ2n) is 8.40. The summed E-state index contributed by atoms with van der Waals surface area (Å²) in [6.45, 7) is 4.21. The Morgan fingerprint density at radius 3 is 1.97 bits per heavy atom. The van der Waals surface area contributed by atoms with Gasteiger partial charge < -0.3 is 15.5 Å². The number of aliphatic hydroxyl groups is 2. The molecule has 3 N–H and O–H groups in total. The first-order valence-corrected chi connectivity index (χ1v) is 12.4. The van der Waals surface area contributed by atoms with Crippen molar-refractivity contribution < 1.29 is 15.0 Å². The fourth-order valence-corrected chi connectivity index (χ4v) is 3.53. The van der Waals surface area contributed by atoms with Gasteiger partial charge in [0, 0.05) is 6.42 Å². The molecule has 0 aliphatic rings. The van der Waals surface area contributed by atoms with Crippen molar-refractivity contribution in [3.63, 3.8) is 0 Å². The van der Waals surface area contributed by atoms with E-state index in [9.17, 15) is 15.0 Å². The van der Waals surface area contributed by atoms with E-state index >= 15 is 0 Å². The third kappa shape index (κ3) is 18.9. The largest absolute Gasteiger partial charge is 0.394 e. The van der Waals surface area contributed by atoms with Crippen LogP contribution < -0.4 is 5.32 Å². The molecule has 0 heterocycles. The zero-order valence-corrected chi connectivity index (χ0v) is 19.3. The van der Waals surface area contributed by atoms with Crippen molar-refractivity contribution in [1.82, 2.24) is 5.32 Å². The van der Waals surface area contributed by atoms with Crippen LogP contribution in [0, 0.1) is 0 Å². The topological polar surface area (TPSA) is 69.6 Å². The van der Waals surface area contributed by atoms with Crippen LogP contribution in [0.1, 0.15) is 123 Å². The van der Waals surface area contributed by atoms with Crippen molar-refractivity contribution in [1.29, 1.82) is 0 Å². The van der Waals surface area contributed by atoms with Crippen LogP contribution in [0.15, 0.2) is 12.2 Å². The molecular formula is C25H49NO3. The fourth-order valence-electron chi connectivity index (χ4n) is 3.53. The van der Waals surface area contributed by atoms with Crippen LogP contribution in [-0.2, 0) is 4.79 Å². The monoisotopic (exact) mass is 411 g/mol. The minimum Gasteiger partial charge on any atom is -0.394 e. The summed E-state index contributed by atoms with van der Waals surface area (Å²) in [5.74, 6) is -0.0518. The molecule has 4 nitrogen and oxygen atoms in total. The summed E-state index contributed by atoms with van der Waals surface area (Å²) in [5, 5.41) is 22.5. The summed E-state index contributed by atoms with van der Waals surface area (Å²) < 4.78 is 0. The molecule has 29 heavy (non-hydrogen) atoms. The van der Waals surface area contributed by atoms with Crippen molar-refractivity contribution in [2.45, 2.75) is 135 Å². The maximum absolute atomic E-state index is 12.1. The first-order chi connectivity index (χ1) is 14.2. The first kappa shape index (κ1) is 28.1. The van der Waals surface area contributed by atoms with Crippen LogP contribution >= 0.6 is 0 Å². The number of allylic oxidation sites excluding steroid dienone is 2. The van der Waals surface area contributed by atoms with Crippen LogP contribution in [0.3, 0.4) is 0 Å². The highest BCUT2D eigenvalue weighted by Gasteiger charge is 2.19. The molecule has 0 aliphatic carbocycles. The van der Waals surface area contributed by atoms with E-state index < -0.39 is 12.1 Å². The molecule has 2 unspecified atom stereocenters. The molecule has 0 fully saturated rings. The lowest BCUT2D eigenvalue weighted by atomic mass is 10.0. The summed E-state index contributed by atoms with van der Waals surface area (Å²) in [6.07, 6.45) is 22.6. The molecule has 0 aromatic carbocycles. The molecule has 0 aromatic heterocycles. The van der Waals surface area contributed by atoms with Gasteiger partial charge in [-0.1, -0.05) is 90.2 Å². The van der Waals surface area contributed by atoms with Crippen molar-refractivity contribution >= 4 is 5.91 Å². The first-order valence-electron chi connectivity index (χ1n) is 12.4. The van der Waals surface area contributed by atoms with Gasteiger partial charge in [0.1, 0.15) is 0 Å². The molecule has 0 radical (unpaired) electrons. The van der Waals surface area contributed by atoms with E-state index in [1.165, 1.54) is 70.6 Å². The smallest absolute Gasteiger partial charge is 0.220 e. The SMILES string of the molecule is CCCCC/C=C\CCCCCCCC(=O)NC(CO)C(O)CCCCCCC. The number of amides is 1. The maximum atomic E-state index is 12.1. The summed E-state index contributed by atoms with van der Waals surface area (Å²) in [6, 6.07) is -0.530. The number of hydrogen-bond acceptors (Lipinski definition) is 3. The van der Waals surface area contributed by atoms with Gasteiger partial charge >= 0.3 is 0 Å². The zero-order valence-electron chi connectivity index (χ0n) is 19.3. The Hall–Kier alpha value is -0.870. The molecule has 0 bridgehead atoms. The molecule has 0 aliphatic heterocycles. The van der Waals surface area contributed by atoms with Gasteiger partial charge in [0.25, 0.3) is 0 Å². The van der Waals surface area contributed by atoms with Crippen LogP contribution in [0.25, 0.3) is 0 Å². The van der Waals surface area contributed by atoms with E-state index in [-0.39, 0.29) is 12.5 Å². The van der Waals surface area contributed by atoms with Crippen molar-refractivity contribution in [2.75, 3.05) is 6.61 Å². The summed E-state index contributed by atoms with van der Waals surface area (Å²) in [5.41, 5.74) is 0. The molecule has 4 heteroatoms. The Labute approximate surface area is 180 Å². The van der Waals surface area contributed by atoms with Gasteiger partial charge in [-0.25, -0.2) is 0 Å². The summed E-state index contributed by atoms with van der Waals surface area (Å²) >= 11 is 0. The lowest BCUT2D eigenvalue weighted by molar-refractivity contribution is -0.123. The van der Waals surface area contributed by atoms with Gasteiger partial charge in [-0.05, 0) is 38.5 Å². The third-order valence-corrected chi connectivity index (χ3v) is 5.53. The maximum Gasteiger partial charge on any atom is 0.220 e. The van der Waals surface area contributed by atoms with Gasteiger partial charge in [-0.3, -0.25) is 4.79 Å². The highest BCUT2D eigenvalue weighted by atomic mass is 16.3. The standard InChI is InChI=1S/C25H49NO3/c1-3-5-7-9-10-11-12-13-14-15-17-19-21-25(29)26-23(22-27)24(28)20-18-16-8-6-4-2/h10-11,23-24,27-28H,3-9,12-22H2,1-2H3,(H,26,29)/b11-10-. The Kier molecular flexibility index (Phi) is 21.2. The number of aliphatic hydroxyl groups excluding tert-OH is 2. The fraction of sp³-hybridized carbons (Fsp3) is 0.880. The molecule has 0 rings (SSSR count). The molecule has 2 atom stereocenters. The number of rotatable bonds is 21. The summed E-state index contributed by atoms with van der Waals surface area (Å²) in [4.78, 5) is 12.1. The normalized spacial score (nSPS) is 13.7. The molecule has 172 valence electrons. The van der Waals surface area contributed by atoms with Crippen LogP contribution in [0.4, 0.5) is 0 Å². The van der Waals surface area contributed by atoms with E-state index in [0.717, 1.165) is 25.7 Å². The Morgan fingerprint density at radius 2 is 1.31 bits per heavy atom. The van der Waals surface area contributed by atoms with E-state index in [4.69, 9.17) is 0 Å². The van der Waals surface area contributed by atoms with E-state index in [0.29, 0.717) is 12.8 Å². The highest BCUT2D eigenvalue weighted by molar-refractivity contribution is 5.76. The second-order valence-corrected chi connectivity index (χ2v) is 8.40. The lowest BCUT2D eigenvalue weighted by Gasteiger charge is -2.22. The Balaban J connectivity index is 3.65. The Morgan fingerprint density at radius 1 is 0.793 bits per heavy atom. The quantitative estimate of drug-likeness (QED) is 0.159. The summed E-state index contributed by atoms with van der Waals surface area (Å²) in [7, 11) is 0. The number of hydrogen-bond donors (Lipinski definition) is 3. The number of carbonyl (C=O) groups excluding carboxylic acids is 1. The van der Waals surface area contributed by atoms with Gasteiger partial charge in [0.15, 0.2) is 0 Å². The Bertz CT molecular complexity index is 384. The third-order valence-electron chi connectivity index (χ3n) is 5.53. The van der Waals surface area contributed by atoms with Gasteiger partial charge in [0.05, 0.1) is 18.8 Å². The molecule has 0 saturated heterocycles. The molecule has 0 saturated carbocycles. The van der Waals surface area contributed by atoms with Crippen LogP contribution in [-0.4, -0.2) is 34.9 Å². The van der Waals surface area contributed by atoms with Crippen molar-refractivity contribution in [2.24, 2.45) is 0 Å². The molecule has 0 aromatic rings. The van der Waals surface area contributed by atoms with E-state index in [1.807, 2.05) is 0 Å². The highest BCUT2D eigenvalue weighted by Crippen LogP contribution is 2.11. The van der Waals surface area contributed by atoms with Gasteiger partial charge in [-0.2, -0.15) is 0 Å². The molecule has 0 spiro atoms. The van der Waals surface area contributed by atoms with Crippen molar-refractivity contribution in [3.8, 4) is 0 Å². The average Bonchev–Trinajstić information content (AvgIpc) is 2.72. The minimum atomic E-state index is -0.652. The predicted molar refractivity (Wildman–Crippen MR) is 124 cm³/mol. The van der Waals surface area contributed by atoms with Crippen LogP contribution in [0.5, 0.6) is 0 Å². The number of nitrogens with one attached hydrogen (secondary N) is 1. The van der Waals surface area contributed by atoms with Gasteiger partial charge in [-0.15, -0.1) is 0 Å². The predicted octanol–water partition coefficient (Wildman–Crippen LogP) is 6.05. The van der Waals surface area contributed by atoms with E-state index in [2.05, 4.69) is 31.3 Å². The number of carbonyl (C=O) groups is 1. The van der Waals surface area contributed by atoms with Gasteiger partial charge in [0.2, 0.25) is 5.91 Å². The average molecular weight is 412 g/mol. The molecular weight excluding hydrogens is 362 g/mol. The number of unbranched alkanes of at least 4 members (excludes halogenated alkanes) is 12. The lowest BCUT2D eigenvalue weighted by Crippen LogP contribution is -2.45. The van der Waals surface area contributed by atoms with Crippen LogP contribution in [0.2, 0.25) is 0 Å².